The van der Waals surface area contributed by atoms with Crippen molar-refractivity contribution in [1.82, 2.24) is 9.88 Å². The van der Waals surface area contributed by atoms with E-state index in [9.17, 15) is 0 Å². The second-order valence-electron chi connectivity index (χ2n) is 4.43. The summed E-state index contributed by atoms with van der Waals surface area (Å²) in [5.74, 6) is 0.851. The fourth-order valence-electron chi connectivity index (χ4n) is 2.12. The van der Waals surface area contributed by atoms with Crippen LogP contribution in [0.3, 0.4) is 0 Å². The highest BCUT2D eigenvalue weighted by atomic mass is 16.5. The molecule has 4 nitrogen and oxygen atoms in total. The Morgan fingerprint density at radius 2 is 2.00 bits per heavy atom. The van der Waals surface area contributed by atoms with Crippen molar-refractivity contribution in [2.45, 2.75) is 13.8 Å². The molecule has 1 heterocycles. The number of hydrogen-bond donors (Lipinski definition) is 1. The van der Waals surface area contributed by atoms with Crippen molar-refractivity contribution < 1.29 is 4.74 Å². The lowest BCUT2D eigenvalue weighted by atomic mass is 10.2. The zero-order chi connectivity index (χ0) is 13.7. The number of rotatable bonds is 6. The van der Waals surface area contributed by atoms with Gasteiger partial charge >= 0.3 is 0 Å². The van der Waals surface area contributed by atoms with Crippen LogP contribution in [-0.4, -0.2) is 36.1 Å². The number of ether oxygens (including phenoxy) is 1. The minimum atomic E-state index is 0.676. The number of pyridine rings is 1. The fourth-order valence-corrected chi connectivity index (χ4v) is 2.12. The standard InChI is InChI=1S/C15H21N3O/c1-3-18(4-2)10-11-19-14-8-7-13(16)15-12(14)6-5-9-17-15/h5-9H,3-4,10-11,16H2,1-2H3. The molecule has 2 N–H and O–H groups in total. The van der Waals surface area contributed by atoms with Gasteiger partial charge in [0.2, 0.25) is 0 Å². The normalized spacial score (nSPS) is 11.1. The molecule has 2 aromatic rings. The molecule has 1 aromatic heterocycles. The highest BCUT2D eigenvalue weighted by Crippen LogP contribution is 2.28. The Morgan fingerprint density at radius 1 is 1.21 bits per heavy atom. The predicted octanol–water partition coefficient (Wildman–Crippen LogP) is 2.54. The lowest BCUT2D eigenvalue weighted by molar-refractivity contribution is 0.224. The van der Waals surface area contributed by atoms with Crippen LogP contribution < -0.4 is 10.5 Å². The quantitative estimate of drug-likeness (QED) is 0.810. The van der Waals surface area contributed by atoms with Crippen molar-refractivity contribution in [2.75, 3.05) is 32.0 Å². The number of benzene rings is 1. The Hall–Kier alpha value is -1.81. The maximum atomic E-state index is 5.92. The van der Waals surface area contributed by atoms with E-state index in [2.05, 4.69) is 23.7 Å². The number of aromatic nitrogens is 1. The highest BCUT2D eigenvalue weighted by molar-refractivity contribution is 5.93. The summed E-state index contributed by atoms with van der Waals surface area (Å²) in [7, 11) is 0. The SMILES string of the molecule is CCN(CC)CCOc1ccc(N)c2ncccc12. The third-order valence-corrected chi connectivity index (χ3v) is 3.32. The van der Waals surface area contributed by atoms with Crippen LogP contribution in [0.25, 0.3) is 10.9 Å². The lowest BCUT2D eigenvalue weighted by Crippen LogP contribution is -2.27. The van der Waals surface area contributed by atoms with Gasteiger partial charge in [0.1, 0.15) is 12.4 Å². The molecule has 0 aliphatic heterocycles. The minimum Gasteiger partial charge on any atom is -0.492 e. The van der Waals surface area contributed by atoms with Crippen molar-refractivity contribution in [3.63, 3.8) is 0 Å². The van der Waals surface area contributed by atoms with Gasteiger partial charge in [-0.1, -0.05) is 13.8 Å². The van der Waals surface area contributed by atoms with Crippen LogP contribution in [0.1, 0.15) is 13.8 Å². The van der Waals surface area contributed by atoms with E-state index in [4.69, 9.17) is 10.5 Å². The number of nitrogen functional groups attached to an aromatic ring is 1. The van der Waals surface area contributed by atoms with E-state index in [1.807, 2.05) is 24.3 Å². The first-order valence-electron chi connectivity index (χ1n) is 6.74. The van der Waals surface area contributed by atoms with Crippen LogP contribution in [0.15, 0.2) is 30.5 Å². The van der Waals surface area contributed by atoms with Gasteiger partial charge in [-0.05, 0) is 37.4 Å². The Balaban J connectivity index is 2.11. The third kappa shape index (κ3) is 3.15. The third-order valence-electron chi connectivity index (χ3n) is 3.32. The Labute approximate surface area is 114 Å². The van der Waals surface area contributed by atoms with Gasteiger partial charge in [-0.2, -0.15) is 0 Å². The van der Waals surface area contributed by atoms with E-state index in [0.29, 0.717) is 12.3 Å². The summed E-state index contributed by atoms with van der Waals surface area (Å²) in [5.41, 5.74) is 7.41. The van der Waals surface area contributed by atoms with Gasteiger partial charge in [-0.15, -0.1) is 0 Å². The first-order valence-corrected chi connectivity index (χ1v) is 6.74. The van der Waals surface area contributed by atoms with Gasteiger partial charge in [0, 0.05) is 18.1 Å². The smallest absolute Gasteiger partial charge is 0.128 e. The summed E-state index contributed by atoms with van der Waals surface area (Å²) in [6.45, 7) is 8.01. The number of nitrogens with zero attached hydrogens (tertiary/aromatic N) is 2. The summed E-state index contributed by atoms with van der Waals surface area (Å²) in [4.78, 5) is 6.63. The van der Waals surface area contributed by atoms with Gasteiger partial charge in [-0.3, -0.25) is 4.98 Å². The van der Waals surface area contributed by atoms with Gasteiger partial charge < -0.3 is 15.4 Å². The van der Waals surface area contributed by atoms with E-state index >= 15 is 0 Å². The maximum absolute atomic E-state index is 5.92. The lowest BCUT2D eigenvalue weighted by Gasteiger charge is -2.18. The summed E-state index contributed by atoms with van der Waals surface area (Å²) in [6, 6.07) is 7.66. The van der Waals surface area contributed by atoms with Crippen LogP contribution in [0.4, 0.5) is 5.69 Å². The van der Waals surface area contributed by atoms with Crippen LogP contribution in [-0.2, 0) is 0 Å². The predicted molar refractivity (Wildman–Crippen MR) is 79.4 cm³/mol. The maximum Gasteiger partial charge on any atom is 0.128 e. The van der Waals surface area contributed by atoms with Crippen molar-refractivity contribution in [2.24, 2.45) is 0 Å². The Bertz CT molecular complexity index is 538. The molecule has 0 aliphatic rings. The first-order chi connectivity index (χ1) is 9.26. The summed E-state index contributed by atoms with van der Waals surface area (Å²) < 4.78 is 5.87. The van der Waals surface area contributed by atoms with Crippen molar-refractivity contribution in [3.05, 3.63) is 30.5 Å². The van der Waals surface area contributed by atoms with Crippen LogP contribution in [0.5, 0.6) is 5.75 Å². The minimum absolute atomic E-state index is 0.676. The molecule has 19 heavy (non-hydrogen) atoms. The molecule has 0 amide bonds. The second-order valence-corrected chi connectivity index (χ2v) is 4.43. The average molecular weight is 259 g/mol. The average Bonchev–Trinajstić information content (AvgIpc) is 2.46. The molecule has 0 spiro atoms. The van der Waals surface area contributed by atoms with Crippen molar-refractivity contribution in [1.29, 1.82) is 0 Å². The zero-order valence-electron chi connectivity index (χ0n) is 11.6. The molecule has 0 aliphatic carbocycles. The van der Waals surface area contributed by atoms with E-state index < -0.39 is 0 Å². The Kier molecular flexibility index (Phi) is 4.58. The van der Waals surface area contributed by atoms with Gasteiger partial charge in [0.05, 0.1) is 11.2 Å². The summed E-state index contributed by atoms with van der Waals surface area (Å²) in [5, 5.41) is 0.974. The highest BCUT2D eigenvalue weighted by Gasteiger charge is 2.06. The molecule has 2 rings (SSSR count). The number of fused-ring (bicyclic) bond motifs is 1. The van der Waals surface area contributed by atoms with E-state index in [1.54, 1.807) is 6.20 Å². The van der Waals surface area contributed by atoms with Crippen molar-refractivity contribution >= 4 is 16.6 Å². The van der Waals surface area contributed by atoms with E-state index in [-0.39, 0.29) is 0 Å². The topological polar surface area (TPSA) is 51.4 Å². The molecule has 0 atom stereocenters. The molecule has 0 radical (unpaired) electrons. The van der Waals surface area contributed by atoms with Gasteiger partial charge in [0.25, 0.3) is 0 Å². The van der Waals surface area contributed by atoms with Gasteiger partial charge in [-0.25, -0.2) is 0 Å². The molecule has 0 saturated carbocycles. The monoisotopic (exact) mass is 259 g/mol. The molecule has 4 heteroatoms. The fraction of sp³-hybridized carbons (Fsp3) is 0.400. The number of anilines is 1. The van der Waals surface area contributed by atoms with E-state index in [1.165, 1.54) is 0 Å². The molecular weight excluding hydrogens is 238 g/mol. The summed E-state index contributed by atoms with van der Waals surface area (Å²) >= 11 is 0. The largest absolute Gasteiger partial charge is 0.492 e. The molecular formula is C15H21N3O. The Morgan fingerprint density at radius 3 is 2.74 bits per heavy atom. The van der Waals surface area contributed by atoms with Crippen LogP contribution in [0.2, 0.25) is 0 Å². The molecule has 0 bridgehead atoms. The number of likely N-dealkylation sites (N-methyl/N-ethyl adjacent to an activating group) is 1. The summed E-state index contributed by atoms with van der Waals surface area (Å²) in [6.07, 6.45) is 1.75. The molecule has 102 valence electrons. The molecule has 0 unspecified atom stereocenters. The number of nitrogens with two attached hydrogens (primary N) is 1. The van der Waals surface area contributed by atoms with Crippen LogP contribution >= 0.6 is 0 Å². The zero-order valence-corrected chi connectivity index (χ0v) is 11.6. The first kappa shape index (κ1) is 13.6. The molecule has 1 aromatic carbocycles. The van der Waals surface area contributed by atoms with Gasteiger partial charge in [0.15, 0.2) is 0 Å². The van der Waals surface area contributed by atoms with Crippen LogP contribution in [0, 0.1) is 0 Å². The number of hydrogen-bond acceptors (Lipinski definition) is 4. The second kappa shape index (κ2) is 6.38. The molecule has 0 saturated heterocycles. The van der Waals surface area contributed by atoms with Crippen molar-refractivity contribution in [3.8, 4) is 5.75 Å². The molecule has 0 fully saturated rings. The van der Waals surface area contributed by atoms with E-state index in [0.717, 1.165) is 36.3 Å².